The number of benzene rings is 1. The van der Waals surface area contributed by atoms with Crippen molar-refractivity contribution in [1.82, 2.24) is 0 Å². The van der Waals surface area contributed by atoms with E-state index in [0.29, 0.717) is 11.8 Å². The summed E-state index contributed by atoms with van der Waals surface area (Å²) in [6.07, 6.45) is 7.94. The third kappa shape index (κ3) is 2.44. The fraction of sp³-hybridized carbons (Fsp3) is 0.375. The van der Waals surface area contributed by atoms with E-state index in [1.54, 1.807) is 0 Å². The lowest BCUT2D eigenvalue weighted by Gasteiger charge is -2.15. The number of hydrogen-bond donors (Lipinski definition) is 0. The topological polar surface area (TPSA) is 0 Å². The molecule has 0 radical (unpaired) electrons. The van der Waals surface area contributed by atoms with Crippen LogP contribution in [0.5, 0.6) is 0 Å². The van der Waals surface area contributed by atoms with Crippen LogP contribution in [0, 0.1) is 17.8 Å². The lowest BCUT2D eigenvalue weighted by Crippen LogP contribution is -2.08. The van der Waals surface area contributed by atoms with Gasteiger partial charge in [-0.1, -0.05) is 42.5 Å². The largest absolute Gasteiger partial charge is 0.103 e. The predicted molar refractivity (Wildman–Crippen MR) is 70.2 cm³/mol. The second-order valence-electron chi connectivity index (χ2n) is 4.82. The monoisotopic (exact) mass is 212 g/mol. The first-order valence-corrected chi connectivity index (χ1v) is 6.12. The Bertz CT molecular complexity index is 350. The van der Waals surface area contributed by atoms with Gasteiger partial charge in [-0.25, -0.2) is 0 Å². The Morgan fingerprint density at radius 2 is 1.81 bits per heavy atom. The molecule has 1 fully saturated rings. The molecule has 1 saturated carbocycles. The quantitative estimate of drug-likeness (QED) is 0.655. The molecular weight excluding hydrogens is 192 g/mol. The minimum atomic E-state index is 0.670. The van der Waals surface area contributed by atoms with Gasteiger partial charge in [-0.15, -0.1) is 13.2 Å². The molecule has 0 saturated heterocycles. The van der Waals surface area contributed by atoms with E-state index in [1.807, 2.05) is 0 Å². The molecule has 16 heavy (non-hydrogen) atoms. The van der Waals surface area contributed by atoms with Crippen LogP contribution in [-0.2, 0) is 6.42 Å². The molecule has 2 rings (SSSR count). The maximum absolute atomic E-state index is 3.97. The van der Waals surface area contributed by atoms with Crippen molar-refractivity contribution in [3.05, 3.63) is 61.2 Å². The van der Waals surface area contributed by atoms with Gasteiger partial charge in [0.05, 0.1) is 0 Å². The summed E-state index contributed by atoms with van der Waals surface area (Å²) in [5.74, 6) is 2.11. The first kappa shape index (κ1) is 11.2. The molecule has 0 aromatic heterocycles. The third-order valence-electron chi connectivity index (χ3n) is 3.76. The van der Waals surface area contributed by atoms with Crippen LogP contribution in [0.25, 0.3) is 0 Å². The van der Waals surface area contributed by atoms with Crippen LogP contribution in [0.2, 0.25) is 0 Å². The standard InChI is InChI=1S/C16H20/c1-3-13-10-15(4-2)16(11-13)12-14-8-6-5-7-9-14/h3-9,13,15-16H,1-2,10-12H2. The van der Waals surface area contributed by atoms with Gasteiger partial charge in [0.25, 0.3) is 0 Å². The molecule has 0 aliphatic heterocycles. The molecule has 1 aromatic rings. The number of allylic oxidation sites excluding steroid dienone is 2. The van der Waals surface area contributed by atoms with Gasteiger partial charge in [-0.2, -0.15) is 0 Å². The summed E-state index contributed by atoms with van der Waals surface area (Å²) in [7, 11) is 0. The maximum Gasteiger partial charge on any atom is -0.0199 e. The third-order valence-corrected chi connectivity index (χ3v) is 3.76. The SMILES string of the molecule is C=CC1CC(C=C)C(Cc2ccccc2)C1. The van der Waals surface area contributed by atoms with Crippen molar-refractivity contribution in [2.45, 2.75) is 19.3 Å². The summed E-state index contributed by atoms with van der Waals surface area (Å²) in [6.45, 7) is 7.89. The summed E-state index contributed by atoms with van der Waals surface area (Å²) < 4.78 is 0. The van der Waals surface area contributed by atoms with Crippen LogP contribution in [0.4, 0.5) is 0 Å². The molecule has 1 aromatic carbocycles. The first-order chi connectivity index (χ1) is 7.83. The molecule has 0 spiro atoms. The molecule has 0 amide bonds. The highest BCUT2D eigenvalue weighted by atomic mass is 14.3. The van der Waals surface area contributed by atoms with E-state index in [9.17, 15) is 0 Å². The van der Waals surface area contributed by atoms with Crippen molar-refractivity contribution in [3.63, 3.8) is 0 Å². The van der Waals surface area contributed by atoms with Gasteiger partial charge < -0.3 is 0 Å². The average Bonchev–Trinajstić information content (AvgIpc) is 2.73. The maximum atomic E-state index is 3.97. The van der Waals surface area contributed by atoms with E-state index in [1.165, 1.54) is 24.8 Å². The van der Waals surface area contributed by atoms with Crippen molar-refractivity contribution in [2.24, 2.45) is 17.8 Å². The van der Waals surface area contributed by atoms with Gasteiger partial charge >= 0.3 is 0 Å². The smallest absolute Gasteiger partial charge is 0.0199 e. The van der Waals surface area contributed by atoms with Crippen LogP contribution in [-0.4, -0.2) is 0 Å². The van der Waals surface area contributed by atoms with Gasteiger partial charge in [0.1, 0.15) is 0 Å². The summed E-state index contributed by atoms with van der Waals surface area (Å²) in [4.78, 5) is 0. The van der Waals surface area contributed by atoms with E-state index in [-0.39, 0.29) is 0 Å². The second-order valence-corrected chi connectivity index (χ2v) is 4.82. The van der Waals surface area contributed by atoms with E-state index in [2.05, 4.69) is 55.6 Å². The summed E-state index contributed by atoms with van der Waals surface area (Å²) >= 11 is 0. The Morgan fingerprint density at radius 3 is 2.44 bits per heavy atom. The second kappa shape index (κ2) is 5.16. The zero-order valence-electron chi connectivity index (χ0n) is 9.81. The molecule has 0 heterocycles. The highest BCUT2D eigenvalue weighted by Crippen LogP contribution is 2.39. The average molecular weight is 212 g/mol. The fourth-order valence-electron chi connectivity index (χ4n) is 2.83. The van der Waals surface area contributed by atoms with E-state index >= 15 is 0 Å². The van der Waals surface area contributed by atoms with Crippen molar-refractivity contribution >= 4 is 0 Å². The summed E-state index contributed by atoms with van der Waals surface area (Å²) in [6, 6.07) is 10.8. The highest BCUT2D eigenvalue weighted by molar-refractivity contribution is 5.16. The zero-order chi connectivity index (χ0) is 11.4. The first-order valence-electron chi connectivity index (χ1n) is 6.12. The van der Waals surface area contributed by atoms with Crippen LogP contribution in [0.1, 0.15) is 18.4 Å². The summed E-state index contributed by atoms with van der Waals surface area (Å²) in [5, 5.41) is 0. The molecule has 3 unspecified atom stereocenters. The van der Waals surface area contributed by atoms with E-state index < -0.39 is 0 Å². The van der Waals surface area contributed by atoms with Crippen molar-refractivity contribution in [1.29, 1.82) is 0 Å². The molecule has 1 aliphatic carbocycles. The molecule has 0 heteroatoms. The Hall–Kier alpha value is -1.30. The Morgan fingerprint density at radius 1 is 1.06 bits per heavy atom. The van der Waals surface area contributed by atoms with Crippen molar-refractivity contribution in [3.8, 4) is 0 Å². The molecule has 0 N–H and O–H groups in total. The number of rotatable bonds is 4. The Balaban J connectivity index is 2.04. The van der Waals surface area contributed by atoms with Gasteiger partial charge in [-0.05, 0) is 42.6 Å². The molecular formula is C16H20. The molecule has 0 nitrogen and oxygen atoms in total. The summed E-state index contributed by atoms with van der Waals surface area (Å²) in [5.41, 5.74) is 1.45. The fourth-order valence-corrected chi connectivity index (χ4v) is 2.83. The molecule has 0 bridgehead atoms. The lowest BCUT2D eigenvalue weighted by atomic mass is 9.90. The molecule has 84 valence electrons. The lowest BCUT2D eigenvalue weighted by molar-refractivity contribution is 0.455. The van der Waals surface area contributed by atoms with Gasteiger partial charge in [0.2, 0.25) is 0 Å². The Labute approximate surface area is 98.7 Å². The minimum absolute atomic E-state index is 0.670. The van der Waals surface area contributed by atoms with Gasteiger partial charge in [0.15, 0.2) is 0 Å². The van der Waals surface area contributed by atoms with Crippen molar-refractivity contribution < 1.29 is 0 Å². The normalized spacial score (nSPS) is 28.9. The van der Waals surface area contributed by atoms with E-state index in [4.69, 9.17) is 0 Å². The van der Waals surface area contributed by atoms with Crippen LogP contribution < -0.4 is 0 Å². The van der Waals surface area contributed by atoms with Crippen LogP contribution in [0.15, 0.2) is 55.6 Å². The van der Waals surface area contributed by atoms with Crippen LogP contribution >= 0.6 is 0 Å². The highest BCUT2D eigenvalue weighted by Gasteiger charge is 2.30. The van der Waals surface area contributed by atoms with Crippen molar-refractivity contribution in [2.75, 3.05) is 0 Å². The van der Waals surface area contributed by atoms with E-state index in [0.717, 1.165) is 5.92 Å². The van der Waals surface area contributed by atoms with Crippen LogP contribution in [0.3, 0.4) is 0 Å². The Kier molecular flexibility index (Phi) is 3.61. The van der Waals surface area contributed by atoms with Gasteiger partial charge in [0, 0.05) is 0 Å². The van der Waals surface area contributed by atoms with Gasteiger partial charge in [-0.3, -0.25) is 0 Å². The number of hydrogen-bond acceptors (Lipinski definition) is 0. The zero-order valence-corrected chi connectivity index (χ0v) is 9.81. The minimum Gasteiger partial charge on any atom is -0.103 e. The predicted octanol–water partition coefficient (Wildman–Crippen LogP) is 4.24. The molecule has 3 atom stereocenters. The molecule has 1 aliphatic rings.